The summed E-state index contributed by atoms with van der Waals surface area (Å²) < 4.78 is 0. The van der Waals surface area contributed by atoms with Gasteiger partial charge in [0.15, 0.2) is 0 Å². The summed E-state index contributed by atoms with van der Waals surface area (Å²) >= 11 is 0. The van der Waals surface area contributed by atoms with E-state index in [1.54, 1.807) is 0 Å². The number of halogens is 1. The fourth-order valence-corrected chi connectivity index (χ4v) is 11.6. The van der Waals surface area contributed by atoms with E-state index in [9.17, 15) is 9.59 Å². The molecule has 2 spiro atoms. The van der Waals surface area contributed by atoms with Crippen LogP contribution in [0, 0.1) is 0 Å². The van der Waals surface area contributed by atoms with Crippen LogP contribution in [0.5, 0.6) is 0 Å². The van der Waals surface area contributed by atoms with Crippen LogP contribution >= 0.6 is 12.4 Å². The Balaban J connectivity index is 0.000000180. The monoisotopic (exact) mass is 825 g/mol. The average Bonchev–Trinajstić information content (AvgIpc) is 3.77. The van der Waals surface area contributed by atoms with E-state index in [1.807, 2.05) is 0 Å². The molecule has 3 N–H and O–H groups in total. The minimum Gasteiger partial charge on any atom is -0.371 e. The fourth-order valence-electron chi connectivity index (χ4n) is 11.6. The number of benzene rings is 3. The fraction of sp³-hybridized carbons (Fsp3) is 0.583. The topological polar surface area (TPSA) is 86.4 Å². The van der Waals surface area contributed by atoms with Crippen molar-refractivity contribution in [1.29, 1.82) is 0 Å². The first-order valence-corrected chi connectivity index (χ1v) is 22.2. The molecule has 0 atom stereocenters. The second-order valence-corrected chi connectivity index (χ2v) is 18.8. The van der Waals surface area contributed by atoms with Crippen molar-refractivity contribution < 1.29 is 9.59 Å². The standard InChI is InChI=1S/C27H36N4O.C21H32N4O.ClH/c1-29(2)27(22-9-5-3-6-10-22)17-15-26(16-18-27)21-31(25(32)28-26)24-13-19-30(20-14-24)23-11-7-4-8-12-23;1-24(2)21(17-6-4-3-5-7-17)12-10-20(11-13-21)16-25(19(26)23-20)18-8-14-22-15-9-18;/h3-12,24H,13-21H2,1-2H3,(H,28,32);3-7,18,22H,8-16H2,1-2H3,(H,23,26);1H. The van der Waals surface area contributed by atoms with Crippen molar-refractivity contribution >= 4 is 30.2 Å². The summed E-state index contributed by atoms with van der Waals surface area (Å²) in [6, 6.07) is 33.5. The Hall–Kier alpha value is -3.83. The van der Waals surface area contributed by atoms with Crippen LogP contribution in [-0.2, 0) is 11.1 Å². The van der Waals surface area contributed by atoms with Crippen molar-refractivity contribution in [3.63, 3.8) is 0 Å². The predicted molar refractivity (Wildman–Crippen MR) is 241 cm³/mol. The zero-order valence-electron chi connectivity index (χ0n) is 36.0. The molecule has 4 heterocycles. The number of piperidine rings is 2. The van der Waals surface area contributed by atoms with Gasteiger partial charge < -0.3 is 30.7 Å². The number of para-hydroxylation sites is 1. The molecule has 11 heteroatoms. The Labute approximate surface area is 359 Å². The second kappa shape index (κ2) is 18.0. The van der Waals surface area contributed by atoms with Crippen LogP contribution in [0.15, 0.2) is 91.0 Å². The molecule has 4 saturated heterocycles. The van der Waals surface area contributed by atoms with E-state index in [0.29, 0.717) is 12.1 Å². The quantitative estimate of drug-likeness (QED) is 0.230. The molecule has 59 heavy (non-hydrogen) atoms. The molecule has 0 unspecified atom stereocenters. The molecule has 4 amide bonds. The van der Waals surface area contributed by atoms with E-state index < -0.39 is 0 Å². The first kappa shape index (κ1) is 43.3. The Morgan fingerprint density at radius 1 is 0.525 bits per heavy atom. The van der Waals surface area contributed by atoms with Crippen molar-refractivity contribution in [1.82, 2.24) is 35.6 Å². The molecule has 6 fully saturated rings. The van der Waals surface area contributed by atoms with Gasteiger partial charge in [-0.05, 0) is 142 Å². The van der Waals surface area contributed by atoms with E-state index in [1.165, 1.54) is 16.8 Å². The highest BCUT2D eigenvalue weighted by Gasteiger charge is 2.52. The zero-order valence-corrected chi connectivity index (χ0v) is 36.8. The number of anilines is 1. The number of carbonyl (C=O) groups excluding carboxylic acids is 2. The summed E-state index contributed by atoms with van der Waals surface area (Å²) in [4.78, 5) is 37.3. The average molecular weight is 826 g/mol. The molecule has 0 aromatic heterocycles. The smallest absolute Gasteiger partial charge is 0.318 e. The van der Waals surface area contributed by atoms with Crippen LogP contribution < -0.4 is 20.9 Å². The van der Waals surface area contributed by atoms with E-state index in [4.69, 9.17) is 0 Å². The largest absolute Gasteiger partial charge is 0.371 e. The molecular formula is C48H69ClN8O2. The highest BCUT2D eigenvalue weighted by atomic mass is 35.5. The molecular weight excluding hydrogens is 756 g/mol. The summed E-state index contributed by atoms with van der Waals surface area (Å²) in [7, 11) is 8.79. The summed E-state index contributed by atoms with van der Waals surface area (Å²) in [5, 5.41) is 10.2. The van der Waals surface area contributed by atoms with Gasteiger partial charge in [0.05, 0.1) is 11.1 Å². The SMILES string of the molecule is CN(C)C1(c2ccccc2)CCC2(CC1)CN(C1CCN(c3ccccc3)CC1)C(=O)N2.CN(C)C1(c2ccccc2)CCC2(CC1)CN(C1CCNCC1)C(=O)N2.Cl. The van der Waals surface area contributed by atoms with Gasteiger partial charge in [0.25, 0.3) is 0 Å². The van der Waals surface area contributed by atoms with Crippen molar-refractivity contribution in [2.75, 3.05) is 72.4 Å². The molecule has 0 bridgehead atoms. The van der Waals surface area contributed by atoms with Gasteiger partial charge in [0.1, 0.15) is 0 Å². The van der Waals surface area contributed by atoms with Gasteiger partial charge in [0, 0.05) is 55.0 Å². The molecule has 320 valence electrons. The van der Waals surface area contributed by atoms with E-state index in [0.717, 1.165) is 116 Å². The number of nitrogens with zero attached hydrogens (tertiary/aromatic N) is 5. The maximum Gasteiger partial charge on any atom is 0.318 e. The maximum atomic E-state index is 13.1. The number of nitrogens with one attached hydrogen (secondary N) is 3. The molecule has 9 rings (SSSR count). The highest BCUT2D eigenvalue weighted by molar-refractivity contribution is 5.85. The molecule has 4 aliphatic heterocycles. The summed E-state index contributed by atoms with van der Waals surface area (Å²) in [5.41, 5.74) is 4.14. The van der Waals surface area contributed by atoms with Crippen LogP contribution in [-0.4, -0.2) is 122 Å². The Bertz CT molecular complexity index is 1820. The van der Waals surface area contributed by atoms with Gasteiger partial charge in [-0.15, -0.1) is 12.4 Å². The Kier molecular flexibility index (Phi) is 13.2. The summed E-state index contributed by atoms with van der Waals surface area (Å²) in [5.74, 6) is 0. The minimum absolute atomic E-state index is 0. The Morgan fingerprint density at radius 3 is 1.29 bits per heavy atom. The predicted octanol–water partition coefficient (Wildman–Crippen LogP) is 7.41. The normalized spacial score (nSPS) is 30.3. The summed E-state index contributed by atoms with van der Waals surface area (Å²) in [6.07, 6.45) is 12.7. The third kappa shape index (κ3) is 8.70. The zero-order chi connectivity index (χ0) is 40.4. The van der Waals surface area contributed by atoms with Gasteiger partial charge in [-0.3, -0.25) is 9.80 Å². The van der Waals surface area contributed by atoms with Crippen LogP contribution in [0.1, 0.15) is 88.2 Å². The van der Waals surface area contributed by atoms with Crippen LogP contribution in [0.4, 0.5) is 15.3 Å². The number of rotatable bonds is 7. The highest BCUT2D eigenvalue weighted by Crippen LogP contribution is 2.48. The first-order valence-electron chi connectivity index (χ1n) is 22.2. The van der Waals surface area contributed by atoms with E-state index in [2.05, 4.69) is 160 Å². The Morgan fingerprint density at radius 2 is 0.898 bits per heavy atom. The lowest BCUT2D eigenvalue weighted by Gasteiger charge is -2.49. The number of amides is 4. The lowest BCUT2D eigenvalue weighted by atomic mass is 9.69. The maximum absolute atomic E-state index is 13.1. The molecule has 3 aromatic carbocycles. The van der Waals surface area contributed by atoms with E-state index >= 15 is 0 Å². The second-order valence-electron chi connectivity index (χ2n) is 18.8. The summed E-state index contributed by atoms with van der Waals surface area (Å²) in [6.45, 7) is 5.83. The van der Waals surface area contributed by atoms with Crippen LogP contribution in [0.3, 0.4) is 0 Å². The molecule has 2 saturated carbocycles. The van der Waals surface area contributed by atoms with Crippen molar-refractivity contribution in [2.24, 2.45) is 0 Å². The van der Waals surface area contributed by atoms with Gasteiger partial charge in [-0.1, -0.05) is 78.9 Å². The lowest BCUT2D eigenvalue weighted by molar-refractivity contribution is 0.0597. The van der Waals surface area contributed by atoms with Crippen molar-refractivity contribution in [3.8, 4) is 0 Å². The van der Waals surface area contributed by atoms with Gasteiger partial charge in [0.2, 0.25) is 0 Å². The van der Waals surface area contributed by atoms with Gasteiger partial charge in [-0.25, -0.2) is 9.59 Å². The number of urea groups is 2. The molecule has 0 radical (unpaired) electrons. The van der Waals surface area contributed by atoms with Crippen LogP contribution in [0.2, 0.25) is 0 Å². The first-order chi connectivity index (χ1) is 28.1. The van der Waals surface area contributed by atoms with Gasteiger partial charge in [-0.2, -0.15) is 0 Å². The van der Waals surface area contributed by atoms with Gasteiger partial charge >= 0.3 is 12.1 Å². The van der Waals surface area contributed by atoms with Crippen molar-refractivity contribution in [2.45, 2.75) is 111 Å². The molecule has 2 aliphatic carbocycles. The lowest BCUT2D eigenvalue weighted by Crippen LogP contribution is -2.54. The number of hydrogen-bond donors (Lipinski definition) is 3. The number of hydrogen-bond acceptors (Lipinski definition) is 6. The molecule has 6 aliphatic rings. The minimum atomic E-state index is -0.0675. The van der Waals surface area contributed by atoms with Crippen molar-refractivity contribution in [3.05, 3.63) is 102 Å². The third-order valence-corrected chi connectivity index (χ3v) is 15.4. The molecule has 3 aromatic rings. The third-order valence-electron chi connectivity index (χ3n) is 15.4. The number of carbonyl (C=O) groups is 2. The van der Waals surface area contributed by atoms with Crippen LogP contribution in [0.25, 0.3) is 0 Å². The molecule has 10 nitrogen and oxygen atoms in total. The van der Waals surface area contributed by atoms with E-state index in [-0.39, 0.29) is 46.6 Å².